The maximum Gasteiger partial charge on any atom is 0.0767 e. The van der Waals surface area contributed by atoms with Gasteiger partial charge in [-0.3, -0.25) is 9.58 Å². The van der Waals surface area contributed by atoms with Crippen LogP contribution < -0.4 is 5.32 Å². The van der Waals surface area contributed by atoms with Gasteiger partial charge in [0.15, 0.2) is 0 Å². The van der Waals surface area contributed by atoms with E-state index in [0.29, 0.717) is 0 Å². The van der Waals surface area contributed by atoms with Gasteiger partial charge in [-0.15, -0.1) is 0 Å². The molecule has 0 bridgehead atoms. The Hall–Kier alpha value is -0.390. The molecular weight excluding hydrogens is 292 g/mol. The van der Waals surface area contributed by atoms with E-state index in [-0.39, 0.29) is 0 Å². The van der Waals surface area contributed by atoms with Gasteiger partial charge in [-0.2, -0.15) is 5.10 Å². The number of hydrogen-bond donors (Lipinski definition) is 1. The van der Waals surface area contributed by atoms with Crippen LogP contribution in [0.15, 0.2) is 4.47 Å². The molecular formula is C13H25BrN4. The van der Waals surface area contributed by atoms with Crippen LogP contribution in [-0.2, 0) is 20.0 Å². The van der Waals surface area contributed by atoms with Crippen molar-refractivity contribution in [3.05, 3.63) is 15.9 Å². The molecule has 0 spiro atoms. The quantitative estimate of drug-likeness (QED) is 0.746. The topological polar surface area (TPSA) is 33.1 Å². The van der Waals surface area contributed by atoms with E-state index in [1.165, 1.54) is 10.2 Å². The van der Waals surface area contributed by atoms with E-state index >= 15 is 0 Å². The van der Waals surface area contributed by atoms with E-state index in [2.05, 4.69) is 52.0 Å². The average Bonchev–Trinajstić information content (AvgIpc) is 2.64. The zero-order valence-corrected chi connectivity index (χ0v) is 13.5. The molecule has 1 N–H and O–H groups in total. The fourth-order valence-corrected chi connectivity index (χ4v) is 2.71. The number of nitrogens with one attached hydrogen (secondary N) is 1. The summed E-state index contributed by atoms with van der Waals surface area (Å²) in [4.78, 5) is 2.43. The molecule has 0 aromatic carbocycles. The van der Waals surface area contributed by atoms with Crippen LogP contribution in [-0.4, -0.2) is 40.9 Å². The summed E-state index contributed by atoms with van der Waals surface area (Å²) < 4.78 is 3.17. The van der Waals surface area contributed by atoms with Crippen molar-refractivity contribution in [2.75, 3.05) is 26.2 Å². The summed E-state index contributed by atoms with van der Waals surface area (Å²) in [6.07, 6.45) is 0.970. The van der Waals surface area contributed by atoms with E-state index in [9.17, 15) is 0 Å². The second-order valence-corrected chi connectivity index (χ2v) is 5.20. The summed E-state index contributed by atoms with van der Waals surface area (Å²) in [5, 5.41) is 7.91. The fourth-order valence-electron chi connectivity index (χ4n) is 1.97. The van der Waals surface area contributed by atoms with Gasteiger partial charge in [-0.1, -0.05) is 20.8 Å². The molecule has 104 valence electrons. The Bertz CT molecular complexity index is 362. The van der Waals surface area contributed by atoms with Crippen LogP contribution >= 0.6 is 15.9 Å². The number of nitrogens with zero attached hydrogens (tertiary/aromatic N) is 3. The molecule has 0 unspecified atom stereocenters. The van der Waals surface area contributed by atoms with Gasteiger partial charge in [0.1, 0.15) is 0 Å². The number of likely N-dealkylation sites (N-methyl/N-ethyl adjacent to an activating group) is 2. The van der Waals surface area contributed by atoms with Gasteiger partial charge in [0.25, 0.3) is 0 Å². The Morgan fingerprint density at radius 1 is 1.33 bits per heavy atom. The van der Waals surface area contributed by atoms with Crippen LogP contribution in [0, 0.1) is 0 Å². The van der Waals surface area contributed by atoms with Crippen molar-refractivity contribution in [2.45, 2.75) is 33.7 Å². The third-order valence-corrected chi connectivity index (χ3v) is 4.09. The zero-order valence-electron chi connectivity index (χ0n) is 12.0. The van der Waals surface area contributed by atoms with E-state index in [1.807, 2.05) is 11.7 Å². The smallest absolute Gasteiger partial charge is 0.0767 e. The monoisotopic (exact) mass is 316 g/mol. The molecule has 0 aliphatic rings. The maximum absolute atomic E-state index is 4.54. The third-order valence-electron chi connectivity index (χ3n) is 3.18. The number of aryl methyl sites for hydroxylation is 2. The highest BCUT2D eigenvalue weighted by molar-refractivity contribution is 9.10. The normalized spacial score (nSPS) is 11.4. The SMILES string of the molecule is CCNCCN(CC)Cc1c(Br)c(CC)nn1C. The van der Waals surface area contributed by atoms with E-state index in [1.54, 1.807) is 0 Å². The predicted molar refractivity (Wildman–Crippen MR) is 79.8 cm³/mol. The average molecular weight is 317 g/mol. The molecule has 1 aromatic heterocycles. The molecule has 4 nitrogen and oxygen atoms in total. The largest absolute Gasteiger partial charge is 0.316 e. The van der Waals surface area contributed by atoms with Crippen molar-refractivity contribution in [2.24, 2.45) is 7.05 Å². The minimum atomic E-state index is 0.950. The minimum absolute atomic E-state index is 0.950. The van der Waals surface area contributed by atoms with Gasteiger partial charge >= 0.3 is 0 Å². The van der Waals surface area contributed by atoms with E-state index in [0.717, 1.165) is 44.8 Å². The van der Waals surface area contributed by atoms with Gasteiger partial charge < -0.3 is 5.32 Å². The lowest BCUT2D eigenvalue weighted by atomic mass is 10.3. The lowest BCUT2D eigenvalue weighted by Gasteiger charge is -2.20. The fraction of sp³-hybridized carbons (Fsp3) is 0.769. The molecule has 1 rings (SSSR count). The molecule has 0 saturated carbocycles. The van der Waals surface area contributed by atoms with Gasteiger partial charge in [0.05, 0.1) is 15.9 Å². The van der Waals surface area contributed by atoms with Gasteiger partial charge in [0.2, 0.25) is 0 Å². The maximum atomic E-state index is 4.54. The molecule has 0 atom stereocenters. The van der Waals surface area contributed by atoms with Crippen molar-refractivity contribution >= 4 is 15.9 Å². The number of hydrogen-bond acceptors (Lipinski definition) is 3. The Kier molecular flexibility index (Phi) is 6.89. The highest BCUT2D eigenvalue weighted by Crippen LogP contribution is 2.22. The summed E-state index contributed by atoms with van der Waals surface area (Å²) in [6.45, 7) is 11.6. The first kappa shape index (κ1) is 15.7. The molecule has 18 heavy (non-hydrogen) atoms. The summed E-state index contributed by atoms with van der Waals surface area (Å²) in [5.41, 5.74) is 2.42. The van der Waals surface area contributed by atoms with Gasteiger partial charge in [-0.25, -0.2) is 0 Å². The van der Waals surface area contributed by atoms with E-state index in [4.69, 9.17) is 0 Å². The molecule has 1 aromatic rings. The Balaban J connectivity index is 2.66. The zero-order chi connectivity index (χ0) is 13.5. The first-order valence-corrected chi connectivity index (χ1v) is 7.56. The Labute approximate surface area is 119 Å². The van der Waals surface area contributed by atoms with Crippen LogP contribution in [0.2, 0.25) is 0 Å². The first-order valence-electron chi connectivity index (χ1n) is 6.77. The summed E-state index contributed by atoms with van der Waals surface area (Å²) in [7, 11) is 2.03. The molecule has 0 aliphatic carbocycles. The third kappa shape index (κ3) is 4.07. The highest BCUT2D eigenvalue weighted by Gasteiger charge is 2.14. The number of rotatable bonds is 8. The molecule has 5 heteroatoms. The summed E-state index contributed by atoms with van der Waals surface area (Å²) in [5.74, 6) is 0. The Morgan fingerprint density at radius 3 is 2.56 bits per heavy atom. The highest BCUT2D eigenvalue weighted by atomic mass is 79.9. The number of aromatic nitrogens is 2. The second-order valence-electron chi connectivity index (χ2n) is 4.41. The summed E-state index contributed by atoms with van der Waals surface area (Å²) in [6, 6.07) is 0. The Morgan fingerprint density at radius 2 is 2.06 bits per heavy atom. The van der Waals surface area contributed by atoms with Crippen molar-refractivity contribution < 1.29 is 0 Å². The van der Waals surface area contributed by atoms with Gasteiger partial charge in [-0.05, 0) is 35.4 Å². The first-order chi connectivity index (χ1) is 8.63. The number of halogens is 1. The molecule has 0 radical (unpaired) electrons. The molecule has 0 aliphatic heterocycles. The molecule has 1 heterocycles. The van der Waals surface area contributed by atoms with Crippen molar-refractivity contribution in [1.82, 2.24) is 20.0 Å². The lowest BCUT2D eigenvalue weighted by molar-refractivity contribution is 0.272. The molecule has 0 fully saturated rings. The van der Waals surface area contributed by atoms with E-state index < -0.39 is 0 Å². The standard InChI is InChI=1S/C13H25BrN4/c1-5-11-13(14)12(17(4)16-11)10-18(7-3)9-8-15-6-2/h15H,5-10H2,1-4H3. The minimum Gasteiger partial charge on any atom is -0.316 e. The predicted octanol–water partition coefficient (Wildman–Crippen LogP) is 2.18. The molecule has 0 amide bonds. The van der Waals surface area contributed by atoms with Gasteiger partial charge in [0, 0.05) is 26.7 Å². The summed E-state index contributed by atoms with van der Waals surface area (Å²) >= 11 is 3.68. The van der Waals surface area contributed by atoms with Crippen molar-refractivity contribution in [3.63, 3.8) is 0 Å². The van der Waals surface area contributed by atoms with Crippen LogP contribution in [0.3, 0.4) is 0 Å². The van der Waals surface area contributed by atoms with Crippen molar-refractivity contribution in [1.29, 1.82) is 0 Å². The van der Waals surface area contributed by atoms with Crippen LogP contribution in [0.5, 0.6) is 0 Å². The van der Waals surface area contributed by atoms with Crippen LogP contribution in [0.1, 0.15) is 32.2 Å². The molecule has 0 saturated heterocycles. The second kappa shape index (κ2) is 7.92. The van der Waals surface area contributed by atoms with Crippen LogP contribution in [0.4, 0.5) is 0 Å². The van der Waals surface area contributed by atoms with Crippen LogP contribution in [0.25, 0.3) is 0 Å². The van der Waals surface area contributed by atoms with Crippen molar-refractivity contribution in [3.8, 4) is 0 Å². The lowest BCUT2D eigenvalue weighted by Crippen LogP contribution is -2.32.